The van der Waals surface area contributed by atoms with E-state index in [1.807, 2.05) is 30.0 Å². The molecule has 2 N–H and O–H groups in total. The highest BCUT2D eigenvalue weighted by Crippen LogP contribution is 2.38. The Morgan fingerprint density at radius 2 is 2.29 bits per heavy atom. The van der Waals surface area contributed by atoms with Crippen molar-refractivity contribution < 1.29 is 4.79 Å². The van der Waals surface area contributed by atoms with Crippen molar-refractivity contribution in [3.05, 3.63) is 40.5 Å². The van der Waals surface area contributed by atoms with Gasteiger partial charge in [0, 0.05) is 19.7 Å². The van der Waals surface area contributed by atoms with Crippen molar-refractivity contribution in [1.29, 1.82) is 5.26 Å². The first kappa shape index (κ1) is 15.0. The summed E-state index contributed by atoms with van der Waals surface area (Å²) in [5, 5.41) is 10.1. The van der Waals surface area contributed by atoms with Gasteiger partial charge in [0.1, 0.15) is 16.6 Å². The molecule has 0 aliphatic rings. The lowest BCUT2D eigenvalue weighted by molar-refractivity contribution is 0.102. The summed E-state index contributed by atoms with van der Waals surface area (Å²) in [6.45, 7) is 4.72. The molecular formula is C15H16N4OS. The minimum atomic E-state index is -0.117. The second-order valence-electron chi connectivity index (χ2n) is 4.53. The van der Waals surface area contributed by atoms with Crippen molar-refractivity contribution in [1.82, 2.24) is 4.98 Å². The Morgan fingerprint density at radius 1 is 1.52 bits per heavy atom. The van der Waals surface area contributed by atoms with E-state index < -0.39 is 0 Å². The normalized spacial score (nSPS) is 10.1. The molecule has 0 fully saturated rings. The van der Waals surface area contributed by atoms with Crippen molar-refractivity contribution in [2.75, 3.05) is 17.2 Å². The molecule has 6 heteroatoms. The van der Waals surface area contributed by atoms with Crippen LogP contribution in [0.2, 0.25) is 0 Å². The van der Waals surface area contributed by atoms with E-state index >= 15 is 0 Å². The quantitative estimate of drug-likeness (QED) is 0.858. The molecule has 0 spiro atoms. The molecule has 0 aliphatic carbocycles. The van der Waals surface area contributed by atoms with Crippen LogP contribution in [0.5, 0.6) is 0 Å². The van der Waals surface area contributed by atoms with Gasteiger partial charge < -0.3 is 10.6 Å². The van der Waals surface area contributed by atoms with Gasteiger partial charge in [-0.05, 0) is 19.1 Å². The van der Waals surface area contributed by atoms with Crippen LogP contribution in [0.25, 0.3) is 0 Å². The Balaban J connectivity index is 2.41. The molecule has 0 radical (unpaired) electrons. The highest BCUT2D eigenvalue weighted by molar-refractivity contribution is 7.19. The predicted molar refractivity (Wildman–Crippen MR) is 84.4 cm³/mol. The molecule has 2 aromatic rings. The summed E-state index contributed by atoms with van der Waals surface area (Å²) in [5.41, 5.74) is 7.49. The van der Waals surface area contributed by atoms with Gasteiger partial charge in [0.2, 0.25) is 0 Å². The maximum absolute atomic E-state index is 11.6. The molecule has 0 unspecified atom stereocenters. The number of nitrogens with two attached hydrogens (primary N) is 1. The molecule has 108 valence electrons. The molecule has 2 heterocycles. The number of hydrogen-bond donors (Lipinski definition) is 1. The summed E-state index contributed by atoms with van der Waals surface area (Å²) in [6.07, 6.45) is 1.73. The maximum Gasteiger partial charge on any atom is 0.171 e. The number of hydrogen-bond acceptors (Lipinski definition) is 6. The second kappa shape index (κ2) is 6.37. The number of rotatable bonds is 5. The molecule has 21 heavy (non-hydrogen) atoms. The molecule has 2 rings (SSSR count). The lowest BCUT2D eigenvalue weighted by Gasteiger charge is -2.21. The molecule has 5 nitrogen and oxygen atoms in total. The lowest BCUT2D eigenvalue weighted by atomic mass is 10.2. The number of anilines is 2. The lowest BCUT2D eigenvalue weighted by Crippen LogP contribution is -2.22. The number of aromatic nitrogens is 1. The van der Waals surface area contributed by atoms with Crippen LogP contribution >= 0.6 is 11.3 Å². The van der Waals surface area contributed by atoms with Crippen LogP contribution in [0.15, 0.2) is 24.4 Å². The molecule has 0 atom stereocenters. The van der Waals surface area contributed by atoms with Crippen molar-refractivity contribution in [2.24, 2.45) is 0 Å². The first-order valence-corrected chi connectivity index (χ1v) is 7.38. The SMILES string of the molecule is CCN(Cc1ccccn1)c1sc(C(C)=O)c(N)c1C#N. The van der Waals surface area contributed by atoms with Crippen molar-refractivity contribution in [3.63, 3.8) is 0 Å². The van der Waals surface area contributed by atoms with E-state index in [9.17, 15) is 10.1 Å². The number of carbonyl (C=O) groups excluding carboxylic acids is 1. The highest BCUT2D eigenvalue weighted by atomic mass is 32.1. The fourth-order valence-electron chi connectivity index (χ4n) is 2.04. The topological polar surface area (TPSA) is 83.0 Å². The minimum Gasteiger partial charge on any atom is -0.396 e. The maximum atomic E-state index is 11.6. The molecule has 0 aromatic carbocycles. The van der Waals surface area contributed by atoms with Crippen molar-refractivity contribution in [2.45, 2.75) is 20.4 Å². The average molecular weight is 300 g/mol. The number of Topliss-reactive ketones (excluding diaryl/α,β-unsaturated/α-hetero) is 1. The minimum absolute atomic E-state index is 0.117. The van der Waals surface area contributed by atoms with Gasteiger partial charge in [-0.25, -0.2) is 0 Å². The number of nitrogen functional groups attached to an aromatic ring is 1. The molecule has 0 amide bonds. The van der Waals surface area contributed by atoms with Gasteiger partial charge in [-0.1, -0.05) is 6.07 Å². The van der Waals surface area contributed by atoms with Crippen LogP contribution in [0.1, 0.15) is 34.8 Å². The highest BCUT2D eigenvalue weighted by Gasteiger charge is 2.22. The van der Waals surface area contributed by atoms with Gasteiger partial charge in [0.15, 0.2) is 5.78 Å². The monoisotopic (exact) mass is 300 g/mol. The zero-order valence-corrected chi connectivity index (χ0v) is 12.8. The smallest absolute Gasteiger partial charge is 0.171 e. The van der Waals surface area contributed by atoms with E-state index in [1.54, 1.807) is 6.20 Å². The van der Waals surface area contributed by atoms with E-state index in [0.29, 0.717) is 23.5 Å². The third kappa shape index (κ3) is 3.03. The van der Waals surface area contributed by atoms with E-state index in [1.165, 1.54) is 18.3 Å². The van der Waals surface area contributed by atoms with Crippen LogP contribution in [-0.2, 0) is 6.54 Å². The zero-order chi connectivity index (χ0) is 15.4. The summed E-state index contributed by atoms with van der Waals surface area (Å²) < 4.78 is 0. The van der Waals surface area contributed by atoms with E-state index in [-0.39, 0.29) is 11.5 Å². The number of nitriles is 1. The Bertz CT molecular complexity index is 688. The molecule has 2 aromatic heterocycles. The average Bonchev–Trinajstić information content (AvgIpc) is 2.82. The molecule has 0 saturated carbocycles. The number of thiophene rings is 1. The van der Waals surface area contributed by atoms with Gasteiger partial charge in [-0.15, -0.1) is 11.3 Å². The number of pyridine rings is 1. The summed E-state index contributed by atoms with van der Waals surface area (Å²) in [7, 11) is 0. The largest absolute Gasteiger partial charge is 0.396 e. The van der Waals surface area contributed by atoms with Gasteiger partial charge in [-0.2, -0.15) is 5.26 Å². The Kier molecular flexibility index (Phi) is 4.55. The van der Waals surface area contributed by atoms with Gasteiger partial charge in [0.25, 0.3) is 0 Å². The van der Waals surface area contributed by atoms with Gasteiger partial charge in [0.05, 0.1) is 22.8 Å². The molecule has 0 bridgehead atoms. The fraction of sp³-hybridized carbons (Fsp3) is 0.267. The number of nitrogens with zero attached hydrogens (tertiary/aromatic N) is 3. The third-order valence-corrected chi connectivity index (χ3v) is 4.47. The fourth-order valence-corrected chi connectivity index (χ4v) is 3.17. The number of ketones is 1. The zero-order valence-electron chi connectivity index (χ0n) is 12.0. The molecular weight excluding hydrogens is 284 g/mol. The molecule has 0 saturated heterocycles. The van der Waals surface area contributed by atoms with E-state index in [2.05, 4.69) is 11.1 Å². The second-order valence-corrected chi connectivity index (χ2v) is 5.53. The van der Waals surface area contributed by atoms with Gasteiger partial charge >= 0.3 is 0 Å². The van der Waals surface area contributed by atoms with Crippen LogP contribution in [-0.4, -0.2) is 17.3 Å². The first-order valence-electron chi connectivity index (χ1n) is 6.56. The Labute approximate surface area is 127 Å². The summed E-state index contributed by atoms with van der Waals surface area (Å²) >= 11 is 1.27. The van der Waals surface area contributed by atoms with E-state index in [4.69, 9.17) is 5.73 Å². The Morgan fingerprint density at radius 3 is 2.81 bits per heavy atom. The van der Waals surface area contributed by atoms with Crippen LogP contribution in [0.3, 0.4) is 0 Å². The number of carbonyl (C=O) groups is 1. The van der Waals surface area contributed by atoms with Crippen LogP contribution in [0, 0.1) is 11.3 Å². The van der Waals surface area contributed by atoms with Crippen LogP contribution in [0.4, 0.5) is 10.7 Å². The predicted octanol–water partition coefficient (Wildman–Crippen LogP) is 2.83. The Hall–Kier alpha value is -2.39. The van der Waals surface area contributed by atoms with Crippen molar-refractivity contribution in [3.8, 4) is 6.07 Å². The summed E-state index contributed by atoms with van der Waals surface area (Å²) in [4.78, 5) is 18.4. The standard InChI is InChI=1S/C15H16N4OS/c1-3-19(9-11-6-4-5-7-18-11)15-12(8-16)13(17)14(21-15)10(2)20/h4-7H,3,9,17H2,1-2H3. The van der Waals surface area contributed by atoms with Crippen molar-refractivity contribution >= 4 is 27.8 Å². The third-order valence-electron chi connectivity index (χ3n) is 3.11. The summed E-state index contributed by atoms with van der Waals surface area (Å²) in [6, 6.07) is 7.82. The molecule has 0 aliphatic heterocycles. The van der Waals surface area contributed by atoms with Crippen LogP contribution < -0.4 is 10.6 Å². The summed E-state index contributed by atoms with van der Waals surface area (Å²) in [5.74, 6) is -0.117. The first-order chi connectivity index (χ1) is 10.1. The van der Waals surface area contributed by atoms with E-state index in [0.717, 1.165) is 10.7 Å². The van der Waals surface area contributed by atoms with Gasteiger partial charge in [-0.3, -0.25) is 9.78 Å².